The molecule has 1 saturated heterocycles. The molecular formula is C19H26N2O. The van der Waals surface area contributed by atoms with Gasteiger partial charge in [-0.1, -0.05) is 31.2 Å². The molecule has 0 unspecified atom stereocenters. The number of piperidine rings is 1. The first-order chi connectivity index (χ1) is 10.7. The van der Waals surface area contributed by atoms with Gasteiger partial charge in [-0.25, -0.2) is 0 Å². The zero-order valence-electron chi connectivity index (χ0n) is 13.4. The average Bonchev–Trinajstić information content (AvgIpc) is 2.51. The van der Waals surface area contributed by atoms with Crippen LogP contribution in [0, 0.1) is 5.92 Å². The van der Waals surface area contributed by atoms with Crippen molar-refractivity contribution in [3.63, 3.8) is 0 Å². The van der Waals surface area contributed by atoms with E-state index in [1.807, 2.05) is 24.3 Å². The standard InChI is InChI=1S/C19H26N2O/c1-15-13-21(14-16-6-3-2-4-7-16)11-10-19(15)22-18-9-5-8-17(20)12-18/h3,5-9,12,15,19H,2,4,10-11,13-14,20H2,1H3/t15-,19-/m1/s1. The second-order valence-corrected chi connectivity index (χ2v) is 6.49. The number of ether oxygens (including phenoxy) is 1. The second kappa shape index (κ2) is 7.01. The highest BCUT2D eigenvalue weighted by Gasteiger charge is 2.27. The highest BCUT2D eigenvalue weighted by Crippen LogP contribution is 2.25. The van der Waals surface area contributed by atoms with Crippen LogP contribution in [0.5, 0.6) is 5.75 Å². The van der Waals surface area contributed by atoms with Gasteiger partial charge in [0.15, 0.2) is 0 Å². The molecule has 1 aromatic rings. The third-order valence-corrected chi connectivity index (χ3v) is 4.53. The molecule has 3 heteroatoms. The summed E-state index contributed by atoms with van der Waals surface area (Å²) in [5.41, 5.74) is 8.05. The molecule has 1 aliphatic heterocycles. The maximum Gasteiger partial charge on any atom is 0.121 e. The normalized spacial score (nSPS) is 25.8. The summed E-state index contributed by atoms with van der Waals surface area (Å²) in [4.78, 5) is 2.55. The fourth-order valence-corrected chi connectivity index (χ4v) is 3.33. The summed E-state index contributed by atoms with van der Waals surface area (Å²) in [6.45, 7) is 5.56. The molecule has 1 heterocycles. The average molecular weight is 298 g/mol. The smallest absolute Gasteiger partial charge is 0.121 e. The SMILES string of the molecule is C[C@@H]1CN(CC2=CCCC=C2)CC[C@H]1Oc1cccc(N)c1. The molecule has 1 aromatic carbocycles. The molecule has 1 fully saturated rings. The second-order valence-electron chi connectivity index (χ2n) is 6.49. The molecule has 0 bridgehead atoms. The Labute approximate surface area is 133 Å². The van der Waals surface area contributed by atoms with Crippen molar-refractivity contribution in [1.29, 1.82) is 0 Å². The van der Waals surface area contributed by atoms with E-state index in [9.17, 15) is 0 Å². The Bertz CT molecular complexity index is 564. The quantitative estimate of drug-likeness (QED) is 0.863. The molecule has 3 rings (SSSR count). The van der Waals surface area contributed by atoms with Crippen molar-refractivity contribution in [1.82, 2.24) is 4.90 Å². The number of nitrogens with zero attached hydrogens (tertiary/aromatic N) is 1. The van der Waals surface area contributed by atoms with Crippen LogP contribution >= 0.6 is 0 Å². The summed E-state index contributed by atoms with van der Waals surface area (Å²) < 4.78 is 6.15. The predicted octanol–water partition coefficient (Wildman–Crippen LogP) is 3.63. The molecule has 118 valence electrons. The summed E-state index contributed by atoms with van der Waals surface area (Å²) in [5.74, 6) is 1.42. The minimum absolute atomic E-state index is 0.286. The van der Waals surface area contributed by atoms with Crippen molar-refractivity contribution in [3.05, 3.63) is 48.1 Å². The first-order valence-electron chi connectivity index (χ1n) is 8.31. The van der Waals surface area contributed by atoms with Gasteiger partial charge in [0, 0.05) is 37.3 Å². The fraction of sp³-hybridized carbons (Fsp3) is 0.474. The lowest BCUT2D eigenvalue weighted by atomic mass is 9.95. The Hall–Kier alpha value is -1.74. The van der Waals surface area contributed by atoms with Crippen molar-refractivity contribution in [2.75, 3.05) is 25.4 Å². The molecule has 0 spiro atoms. The largest absolute Gasteiger partial charge is 0.490 e. The molecule has 2 aliphatic rings. The van der Waals surface area contributed by atoms with Gasteiger partial charge in [0.2, 0.25) is 0 Å². The topological polar surface area (TPSA) is 38.5 Å². The summed E-state index contributed by atoms with van der Waals surface area (Å²) in [6, 6.07) is 7.75. The van der Waals surface area contributed by atoms with Gasteiger partial charge in [0.25, 0.3) is 0 Å². The molecule has 3 nitrogen and oxygen atoms in total. The molecule has 0 radical (unpaired) electrons. The number of nitrogens with two attached hydrogens (primary N) is 1. The van der Waals surface area contributed by atoms with Gasteiger partial charge in [-0.15, -0.1) is 0 Å². The number of benzene rings is 1. The molecule has 0 amide bonds. The Morgan fingerprint density at radius 2 is 2.23 bits per heavy atom. The van der Waals surface area contributed by atoms with E-state index in [1.54, 1.807) is 0 Å². The van der Waals surface area contributed by atoms with Gasteiger partial charge in [0.1, 0.15) is 11.9 Å². The van der Waals surface area contributed by atoms with E-state index in [0.29, 0.717) is 5.92 Å². The third kappa shape index (κ3) is 3.92. The van der Waals surface area contributed by atoms with Crippen molar-refractivity contribution in [2.45, 2.75) is 32.3 Å². The lowest BCUT2D eigenvalue weighted by Crippen LogP contribution is -2.44. The van der Waals surface area contributed by atoms with Crippen molar-refractivity contribution < 1.29 is 4.74 Å². The number of rotatable bonds is 4. The van der Waals surface area contributed by atoms with Crippen LogP contribution in [0.2, 0.25) is 0 Å². The van der Waals surface area contributed by atoms with Crippen LogP contribution in [0.25, 0.3) is 0 Å². The first-order valence-corrected chi connectivity index (χ1v) is 8.31. The minimum atomic E-state index is 0.286. The van der Waals surface area contributed by atoms with Gasteiger partial charge >= 0.3 is 0 Å². The monoisotopic (exact) mass is 298 g/mol. The molecule has 2 N–H and O–H groups in total. The van der Waals surface area contributed by atoms with E-state index in [0.717, 1.165) is 37.5 Å². The van der Waals surface area contributed by atoms with Crippen molar-refractivity contribution in [2.24, 2.45) is 5.92 Å². The Morgan fingerprint density at radius 1 is 1.32 bits per heavy atom. The summed E-state index contributed by atoms with van der Waals surface area (Å²) in [6.07, 6.45) is 10.7. The zero-order valence-corrected chi connectivity index (χ0v) is 13.4. The van der Waals surface area contributed by atoms with Crippen LogP contribution in [-0.4, -0.2) is 30.6 Å². The van der Waals surface area contributed by atoms with Crippen LogP contribution < -0.4 is 10.5 Å². The van der Waals surface area contributed by atoms with Crippen LogP contribution in [0.3, 0.4) is 0 Å². The molecule has 2 atom stereocenters. The number of anilines is 1. The van der Waals surface area contributed by atoms with Gasteiger partial charge in [-0.05, 0) is 37.0 Å². The lowest BCUT2D eigenvalue weighted by molar-refractivity contribution is 0.0569. The first kappa shape index (κ1) is 15.2. The zero-order chi connectivity index (χ0) is 15.4. The number of likely N-dealkylation sites (tertiary alicyclic amines) is 1. The highest BCUT2D eigenvalue weighted by molar-refractivity contribution is 5.43. The molecule has 0 aromatic heterocycles. The summed E-state index contributed by atoms with van der Waals surface area (Å²) >= 11 is 0. The van der Waals surface area contributed by atoms with E-state index >= 15 is 0 Å². The number of hydrogen-bond acceptors (Lipinski definition) is 3. The Morgan fingerprint density at radius 3 is 2.95 bits per heavy atom. The number of nitrogen functional groups attached to an aromatic ring is 1. The minimum Gasteiger partial charge on any atom is -0.490 e. The van der Waals surface area contributed by atoms with E-state index in [4.69, 9.17) is 10.5 Å². The molecule has 22 heavy (non-hydrogen) atoms. The van der Waals surface area contributed by atoms with Gasteiger partial charge in [-0.2, -0.15) is 0 Å². The predicted molar refractivity (Wildman–Crippen MR) is 91.9 cm³/mol. The number of hydrogen-bond donors (Lipinski definition) is 1. The van der Waals surface area contributed by atoms with Crippen molar-refractivity contribution >= 4 is 5.69 Å². The summed E-state index contributed by atoms with van der Waals surface area (Å²) in [7, 11) is 0. The van der Waals surface area contributed by atoms with Gasteiger partial charge in [0.05, 0.1) is 0 Å². The van der Waals surface area contributed by atoms with Gasteiger partial charge < -0.3 is 10.5 Å². The Balaban J connectivity index is 1.53. The summed E-state index contributed by atoms with van der Waals surface area (Å²) in [5, 5.41) is 0. The lowest BCUT2D eigenvalue weighted by Gasteiger charge is -2.37. The molecule has 1 aliphatic carbocycles. The fourth-order valence-electron chi connectivity index (χ4n) is 3.33. The molecule has 0 saturated carbocycles. The van der Waals surface area contributed by atoms with E-state index in [2.05, 4.69) is 30.1 Å². The van der Waals surface area contributed by atoms with Crippen LogP contribution in [0.1, 0.15) is 26.2 Å². The van der Waals surface area contributed by atoms with Crippen LogP contribution in [0.4, 0.5) is 5.69 Å². The van der Waals surface area contributed by atoms with Crippen LogP contribution in [-0.2, 0) is 0 Å². The van der Waals surface area contributed by atoms with Crippen molar-refractivity contribution in [3.8, 4) is 5.75 Å². The Kier molecular flexibility index (Phi) is 4.84. The maximum absolute atomic E-state index is 6.15. The maximum atomic E-state index is 6.15. The van der Waals surface area contributed by atoms with E-state index < -0.39 is 0 Å². The number of allylic oxidation sites excluding steroid dienone is 2. The van der Waals surface area contributed by atoms with Crippen LogP contribution in [0.15, 0.2) is 48.1 Å². The van der Waals surface area contributed by atoms with Gasteiger partial charge in [-0.3, -0.25) is 4.90 Å². The highest BCUT2D eigenvalue weighted by atomic mass is 16.5. The van der Waals surface area contributed by atoms with E-state index in [1.165, 1.54) is 18.4 Å². The third-order valence-electron chi connectivity index (χ3n) is 4.53. The molecular weight excluding hydrogens is 272 g/mol. The van der Waals surface area contributed by atoms with E-state index in [-0.39, 0.29) is 6.10 Å².